The summed E-state index contributed by atoms with van der Waals surface area (Å²) in [7, 11) is 0. The predicted molar refractivity (Wildman–Crippen MR) is 112 cm³/mol. The van der Waals surface area contributed by atoms with Crippen LogP contribution in [0.3, 0.4) is 0 Å². The van der Waals surface area contributed by atoms with Crippen LogP contribution in [0.25, 0.3) is 11.2 Å². The number of amides is 1. The van der Waals surface area contributed by atoms with Gasteiger partial charge in [0.05, 0.1) is 18.4 Å². The molecule has 1 atom stereocenters. The van der Waals surface area contributed by atoms with Gasteiger partial charge in [0.25, 0.3) is 11.5 Å². The van der Waals surface area contributed by atoms with Crippen molar-refractivity contribution in [1.82, 2.24) is 25.3 Å². The van der Waals surface area contributed by atoms with Crippen molar-refractivity contribution in [2.24, 2.45) is 0 Å². The van der Waals surface area contributed by atoms with E-state index in [1.165, 1.54) is 18.3 Å². The van der Waals surface area contributed by atoms with Gasteiger partial charge in [0.1, 0.15) is 6.04 Å². The maximum absolute atomic E-state index is 12.3. The second-order valence-corrected chi connectivity index (χ2v) is 6.71. The maximum Gasteiger partial charge on any atom is 0.326 e. The van der Waals surface area contributed by atoms with Crippen LogP contribution in [0.2, 0.25) is 0 Å². The number of aromatic nitrogens is 4. The molecule has 0 bridgehead atoms. The first-order valence-corrected chi connectivity index (χ1v) is 9.33. The third-order valence-electron chi connectivity index (χ3n) is 4.36. The third kappa shape index (κ3) is 6.81. The van der Waals surface area contributed by atoms with Crippen molar-refractivity contribution in [3.8, 4) is 0 Å². The van der Waals surface area contributed by atoms with Crippen LogP contribution in [0.1, 0.15) is 28.9 Å². The van der Waals surface area contributed by atoms with Crippen molar-refractivity contribution in [3.05, 3.63) is 52.1 Å². The van der Waals surface area contributed by atoms with E-state index in [9.17, 15) is 19.2 Å². The number of H-pyrrole nitrogens is 1. The fourth-order valence-electron chi connectivity index (χ4n) is 2.75. The summed E-state index contributed by atoms with van der Waals surface area (Å²) in [4.78, 5) is 60.6. The van der Waals surface area contributed by atoms with Crippen LogP contribution in [0, 0.1) is 0 Å². The summed E-state index contributed by atoms with van der Waals surface area (Å²) < 4.78 is 0. The maximum atomic E-state index is 12.3. The van der Waals surface area contributed by atoms with E-state index in [1.807, 2.05) is 0 Å². The molecule has 1 aromatic carbocycles. The molecule has 13 nitrogen and oxygen atoms in total. The number of carboxylic acid groups (broad SMARTS) is 2. The predicted octanol–water partition coefficient (Wildman–Crippen LogP) is -0.0473. The number of carbonyl (C=O) groups is 3. The molecule has 0 fully saturated rings. The molecule has 3 aromatic rings. The number of nitrogen functional groups attached to an aromatic ring is 1. The van der Waals surface area contributed by atoms with Crippen LogP contribution in [0.5, 0.6) is 0 Å². The van der Waals surface area contributed by atoms with Gasteiger partial charge in [-0.25, -0.2) is 14.8 Å². The number of nitrogens with two attached hydrogens (primary N) is 1. The summed E-state index contributed by atoms with van der Waals surface area (Å²) >= 11 is 0. The molecule has 3 rings (SSSR count). The summed E-state index contributed by atoms with van der Waals surface area (Å²) in [6, 6.07) is 4.86. The standard InChI is InChI=1S/C19H19N7O6.Pt/c20-19-25-15-14(17(30)26-19)23-11(8-22-15)7-21-10-3-1-9(2-4-10)16(29)24-12(18(31)32)5-6-13(27)28;/h1-4,8,12,21H,5-7H2,(H,24,29)(H,27,28)(H,31,32)(H3,20,22,25,26,30);. The minimum atomic E-state index is -1.31. The van der Waals surface area contributed by atoms with E-state index >= 15 is 0 Å². The van der Waals surface area contributed by atoms with Gasteiger partial charge >= 0.3 is 11.9 Å². The Labute approximate surface area is 200 Å². The van der Waals surface area contributed by atoms with Crippen molar-refractivity contribution in [2.75, 3.05) is 11.1 Å². The smallest absolute Gasteiger partial charge is 0.326 e. The number of nitrogens with one attached hydrogen (secondary N) is 3. The molecule has 1 amide bonds. The van der Waals surface area contributed by atoms with Crippen LogP contribution in [-0.4, -0.2) is 54.0 Å². The number of benzene rings is 1. The molecule has 0 saturated heterocycles. The molecule has 0 radical (unpaired) electrons. The van der Waals surface area contributed by atoms with Gasteiger partial charge in [-0.3, -0.25) is 19.4 Å². The van der Waals surface area contributed by atoms with Crippen molar-refractivity contribution >= 4 is 40.6 Å². The van der Waals surface area contributed by atoms with Crippen LogP contribution in [0.15, 0.2) is 35.3 Å². The van der Waals surface area contributed by atoms with E-state index in [-0.39, 0.29) is 63.1 Å². The summed E-state index contributed by atoms with van der Waals surface area (Å²) in [5, 5.41) is 23.2. The number of fused-ring (bicyclic) bond motifs is 1. The first kappa shape index (κ1) is 25.4. The monoisotopic (exact) mass is 636 g/mol. The number of hydrogen-bond acceptors (Lipinski definition) is 9. The van der Waals surface area contributed by atoms with E-state index in [0.29, 0.717) is 11.4 Å². The van der Waals surface area contributed by atoms with Gasteiger partial charge < -0.3 is 26.6 Å². The second kappa shape index (κ2) is 11.1. The Morgan fingerprint density at radius 1 is 1.12 bits per heavy atom. The Morgan fingerprint density at radius 2 is 1.82 bits per heavy atom. The van der Waals surface area contributed by atoms with Crippen LogP contribution >= 0.6 is 0 Å². The van der Waals surface area contributed by atoms with Gasteiger partial charge in [-0.1, -0.05) is 0 Å². The molecule has 176 valence electrons. The van der Waals surface area contributed by atoms with Crippen molar-refractivity contribution < 1.29 is 45.7 Å². The van der Waals surface area contributed by atoms with E-state index < -0.39 is 29.4 Å². The zero-order valence-corrected chi connectivity index (χ0v) is 19.1. The Bertz CT molecular complexity index is 1230. The van der Waals surface area contributed by atoms with E-state index in [4.69, 9.17) is 15.9 Å². The van der Waals surface area contributed by atoms with Crippen LogP contribution in [0.4, 0.5) is 11.6 Å². The van der Waals surface area contributed by atoms with Gasteiger partial charge in [-0.2, -0.15) is 4.98 Å². The number of anilines is 2. The molecule has 7 N–H and O–H groups in total. The SMILES string of the molecule is Nc1nc2ncc(CNc3ccc(C(=O)NC(CCC(=O)O)C(=O)O)cc3)nc2c(=O)[nH]1.[Pt]. The largest absolute Gasteiger partial charge is 0.481 e. The van der Waals surface area contributed by atoms with Gasteiger partial charge in [0, 0.05) is 38.7 Å². The minimum Gasteiger partial charge on any atom is -0.481 e. The first-order valence-electron chi connectivity index (χ1n) is 9.33. The van der Waals surface area contributed by atoms with Crippen LogP contribution in [-0.2, 0) is 37.2 Å². The van der Waals surface area contributed by atoms with Gasteiger partial charge in [-0.05, 0) is 30.7 Å². The average molecular weight is 636 g/mol. The van der Waals surface area contributed by atoms with Crippen molar-refractivity contribution in [1.29, 1.82) is 0 Å². The van der Waals surface area contributed by atoms with Gasteiger partial charge in [0.15, 0.2) is 11.2 Å². The molecule has 2 aromatic heterocycles. The minimum absolute atomic E-state index is 0. The molecule has 0 saturated carbocycles. The Hall–Kier alpha value is -3.86. The Kier molecular flexibility index (Phi) is 8.57. The number of aliphatic carboxylic acids is 2. The fourth-order valence-corrected chi connectivity index (χ4v) is 2.75. The summed E-state index contributed by atoms with van der Waals surface area (Å²) in [5.41, 5.74) is 6.47. The van der Waals surface area contributed by atoms with E-state index in [1.54, 1.807) is 12.1 Å². The molecule has 0 spiro atoms. The summed E-state index contributed by atoms with van der Waals surface area (Å²) in [6.45, 7) is 0.231. The Morgan fingerprint density at radius 3 is 2.45 bits per heavy atom. The molecular weight excluding hydrogens is 617 g/mol. The molecule has 33 heavy (non-hydrogen) atoms. The zero-order valence-electron chi connectivity index (χ0n) is 16.8. The van der Waals surface area contributed by atoms with Crippen molar-refractivity contribution in [3.63, 3.8) is 0 Å². The van der Waals surface area contributed by atoms with E-state index in [0.717, 1.165) is 0 Å². The zero-order chi connectivity index (χ0) is 23.3. The second-order valence-electron chi connectivity index (χ2n) is 6.71. The van der Waals surface area contributed by atoms with Crippen molar-refractivity contribution in [2.45, 2.75) is 25.4 Å². The summed E-state index contributed by atoms with van der Waals surface area (Å²) in [6.07, 6.45) is 0.840. The number of carbonyl (C=O) groups excluding carboxylic acids is 1. The van der Waals surface area contributed by atoms with Gasteiger partial charge in [0.2, 0.25) is 5.95 Å². The number of carboxylic acids is 2. The molecule has 0 aliphatic carbocycles. The average Bonchev–Trinajstić information content (AvgIpc) is 2.75. The normalized spacial score (nSPS) is 11.3. The topological polar surface area (TPSA) is 213 Å². The molecule has 2 heterocycles. The number of nitrogens with zero attached hydrogens (tertiary/aromatic N) is 3. The van der Waals surface area contributed by atoms with Gasteiger partial charge in [-0.15, -0.1) is 0 Å². The molecule has 14 heteroatoms. The number of hydrogen-bond donors (Lipinski definition) is 6. The Balaban J connectivity index is 0.00000385. The quantitative estimate of drug-likeness (QED) is 0.183. The fraction of sp³-hybridized carbons (Fsp3) is 0.211. The summed E-state index contributed by atoms with van der Waals surface area (Å²) in [5.74, 6) is -3.16. The molecular formula is C19H19N7O6Pt. The molecule has 0 aliphatic heterocycles. The third-order valence-corrected chi connectivity index (χ3v) is 4.36. The number of rotatable bonds is 9. The number of aromatic amines is 1. The molecule has 1 unspecified atom stereocenters. The molecule has 0 aliphatic rings. The van der Waals surface area contributed by atoms with Crippen LogP contribution < -0.4 is 21.9 Å². The first-order chi connectivity index (χ1) is 15.2. The van der Waals surface area contributed by atoms with E-state index in [2.05, 4.69) is 30.6 Å².